The van der Waals surface area contributed by atoms with Crippen molar-refractivity contribution >= 4 is 5.97 Å². The fourth-order valence-corrected chi connectivity index (χ4v) is 2.69. The number of hydrogen-bond donors (Lipinski definition) is 2. The molecule has 0 spiro atoms. The van der Waals surface area contributed by atoms with Gasteiger partial charge >= 0.3 is 12.1 Å². The van der Waals surface area contributed by atoms with Crippen LogP contribution in [0.2, 0.25) is 0 Å². The lowest BCUT2D eigenvalue weighted by Crippen LogP contribution is -2.21. The van der Waals surface area contributed by atoms with Crippen molar-refractivity contribution in [2.24, 2.45) is 0 Å². The summed E-state index contributed by atoms with van der Waals surface area (Å²) >= 11 is 0. The summed E-state index contributed by atoms with van der Waals surface area (Å²) in [5.41, 5.74) is 4.64. The Morgan fingerprint density at radius 2 is 1.96 bits per heavy atom. The monoisotopic (exact) mass is 397 g/mol. The van der Waals surface area contributed by atoms with Crippen LogP contribution in [0.15, 0.2) is 36.4 Å². The van der Waals surface area contributed by atoms with Crippen molar-refractivity contribution in [3.63, 3.8) is 0 Å². The van der Waals surface area contributed by atoms with E-state index in [2.05, 4.69) is 42.6 Å². The van der Waals surface area contributed by atoms with Crippen LogP contribution in [0.1, 0.15) is 18.1 Å². The molecule has 3 rings (SSSR count). The van der Waals surface area contributed by atoms with Crippen molar-refractivity contribution in [2.45, 2.75) is 26.6 Å². The molecule has 0 radical (unpaired) electrons. The minimum atomic E-state index is -5.08. The molecule has 2 aromatic carbocycles. The van der Waals surface area contributed by atoms with Gasteiger partial charge in [0, 0.05) is 29.8 Å². The second-order valence-corrected chi connectivity index (χ2v) is 6.05. The van der Waals surface area contributed by atoms with Crippen molar-refractivity contribution in [3.05, 3.63) is 47.5 Å². The Hall–Kier alpha value is -2.74. The molecule has 0 aliphatic carbocycles. The molecule has 5 nitrogen and oxygen atoms in total. The van der Waals surface area contributed by atoms with Crippen molar-refractivity contribution in [1.82, 2.24) is 5.32 Å². The molecular formula is C20H22F3NO4. The Kier molecular flexibility index (Phi) is 7.28. The minimum absolute atomic E-state index is 0.660. The smallest absolute Gasteiger partial charge is 0.490 e. The van der Waals surface area contributed by atoms with Crippen LogP contribution in [-0.4, -0.2) is 37.0 Å². The van der Waals surface area contributed by atoms with Gasteiger partial charge in [-0.1, -0.05) is 29.8 Å². The fourth-order valence-electron chi connectivity index (χ4n) is 2.69. The standard InChI is InChI=1S/C18H21NO2.C2HF3O2/c1-3-20-17-8-7-13(2)11-16(17)15-6-4-5-14-12-19-9-10-21-18(14)15;3-2(4,5)1(6)7/h4-8,11,19H,3,9-10,12H2,1-2H3;(H,6,7). The lowest BCUT2D eigenvalue weighted by molar-refractivity contribution is -0.192. The van der Waals surface area contributed by atoms with Gasteiger partial charge in [0.1, 0.15) is 18.1 Å². The molecule has 28 heavy (non-hydrogen) atoms. The number of para-hydroxylation sites is 1. The first-order valence-corrected chi connectivity index (χ1v) is 8.73. The van der Waals surface area contributed by atoms with Crippen LogP contribution in [0.4, 0.5) is 13.2 Å². The summed E-state index contributed by atoms with van der Waals surface area (Å²) in [6.07, 6.45) is -5.08. The molecule has 1 heterocycles. The Morgan fingerprint density at radius 3 is 2.61 bits per heavy atom. The molecule has 2 aromatic rings. The minimum Gasteiger partial charge on any atom is -0.493 e. The van der Waals surface area contributed by atoms with E-state index < -0.39 is 12.1 Å². The van der Waals surface area contributed by atoms with Gasteiger partial charge in [-0.25, -0.2) is 4.79 Å². The quantitative estimate of drug-likeness (QED) is 0.814. The van der Waals surface area contributed by atoms with E-state index in [-0.39, 0.29) is 0 Å². The number of aliphatic carboxylic acids is 1. The van der Waals surface area contributed by atoms with E-state index in [1.165, 1.54) is 11.1 Å². The zero-order chi connectivity index (χ0) is 20.7. The molecule has 0 aromatic heterocycles. The first-order chi connectivity index (χ1) is 13.2. The van der Waals surface area contributed by atoms with E-state index in [0.717, 1.165) is 35.7 Å². The number of alkyl halides is 3. The van der Waals surface area contributed by atoms with Crippen LogP contribution in [0, 0.1) is 6.92 Å². The largest absolute Gasteiger partial charge is 0.493 e. The number of carbonyl (C=O) groups is 1. The SMILES string of the molecule is CCOc1ccc(C)cc1-c1cccc2c1OCCNC2.O=C(O)C(F)(F)F. The topological polar surface area (TPSA) is 67.8 Å². The van der Waals surface area contributed by atoms with E-state index in [4.69, 9.17) is 19.4 Å². The van der Waals surface area contributed by atoms with Crippen molar-refractivity contribution in [3.8, 4) is 22.6 Å². The number of fused-ring (bicyclic) bond motifs is 1. The highest BCUT2D eigenvalue weighted by Gasteiger charge is 2.38. The second-order valence-electron chi connectivity index (χ2n) is 6.05. The summed E-state index contributed by atoms with van der Waals surface area (Å²) < 4.78 is 43.5. The van der Waals surface area contributed by atoms with Gasteiger partial charge in [-0.05, 0) is 26.0 Å². The number of nitrogens with one attached hydrogen (secondary N) is 1. The Labute approximate surface area is 161 Å². The number of halogens is 3. The highest BCUT2D eigenvalue weighted by molar-refractivity contribution is 5.77. The molecule has 152 valence electrons. The average Bonchev–Trinajstić information content (AvgIpc) is 2.88. The molecule has 0 saturated carbocycles. The van der Waals surface area contributed by atoms with Crippen LogP contribution >= 0.6 is 0 Å². The van der Waals surface area contributed by atoms with Crippen LogP contribution in [-0.2, 0) is 11.3 Å². The number of hydrogen-bond acceptors (Lipinski definition) is 4. The number of aryl methyl sites for hydroxylation is 1. The maximum Gasteiger partial charge on any atom is 0.490 e. The van der Waals surface area contributed by atoms with Crippen LogP contribution in [0.25, 0.3) is 11.1 Å². The Balaban J connectivity index is 0.000000345. The summed E-state index contributed by atoms with van der Waals surface area (Å²) in [7, 11) is 0. The molecule has 0 amide bonds. The maximum absolute atomic E-state index is 10.6. The Morgan fingerprint density at radius 1 is 1.25 bits per heavy atom. The third-order valence-electron chi connectivity index (χ3n) is 3.90. The zero-order valence-corrected chi connectivity index (χ0v) is 15.6. The van der Waals surface area contributed by atoms with Gasteiger partial charge in [0.2, 0.25) is 0 Å². The number of benzene rings is 2. The second kappa shape index (κ2) is 9.45. The molecule has 0 fully saturated rings. The fraction of sp³-hybridized carbons (Fsp3) is 0.350. The predicted octanol–water partition coefficient (Wildman–Crippen LogP) is 4.18. The number of ether oxygens (including phenoxy) is 2. The van der Waals surface area contributed by atoms with E-state index in [1.807, 2.05) is 13.0 Å². The normalized spacial score (nSPS) is 13.3. The van der Waals surface area contributed by atoms with Gasteiger partial charge in [0.15, 0.2) is 0 Å². The van der Waals surface area contributed by atoms with Gasteiger partial charge in [-0.3, -0.25) is 0 Å². The highest BCUT2D eigenvalue weighted by Crippen LogP contribution is 2.39. The number of carboxylic acid groups (broad SMARTS) is 1. The maximum atomic E-state index is 10.6. The van der Waals surface area contributed by atoms with Gasteiger partial charge < -0.3 is 19.9 Å². The molecule has 1 aliphatic heterocycles. The van der Waals surface area contributed by atoms with Gasteiger partial charge in [0.25, 0.3) is 0 Å². The molecule has 0 atom stereocenters. The van der Waals surface area contributed by atoms with Gasteiger partial charge in [-0.2, -0.15) is 13.2 Å². The summed E-state index contributed by atoms with van der Waals surface area (Å²) in [6, 6.07) is 12.6. The lowest BCUT2D eigenvalue weighted by Gasteiger charge is -2.16. The summed E-state index contributed by atoms with van der Waals surface area (Å²) in [5.74, 6) is -0.862. The molecular weight excluding hydrogens is 375 g/mol. The van der Waals surface area contributed by atoms with Crippen molar-refractivity contribution in [1.29, 1.82) is 0 Å². The Bertz CT molecular complexity index is 822. The zero-order valence-electron chi connectivity index (χ0n) is 15.6. The van der Waals surface area contributed by atoms with Gasteiger partial charge in [0.05, 0.1) is 6.61 Å². The molecule has 0 bridgehead atoms. The summed E-state index contributed by atoms with van der Waals surface area (Å²) in [4.78, 5) is 8.90. The highest BCUT2D eigenvalue weighted by atomic mass is 19.4. The van der Waals surface area contributed by atoms with E-state index in [0.29, 0.717) is 13.2 Å². The molecule has 2 N–H and O–H groups in total. The summed E-state index contributed by atoms with van der Waals surface area (Å²) in [6.45, 7) is 7.19. The number of carboxylic acids is 1. The first kappa shape index (κ1) is 21.6. The third-order valence-corrected chi connectivity index (χ3v) is 3.90. The average molecular weight is 397 g/mol. The van der Waals surface area contributed by atoms with Crippen LogP contribution < -0.4 is 14.8 Å². The lowest BCUT2D eigenvalue weighted by atomic mass is 9.98. The predicted molar refractivity (Wildman–Crippen MR) is 98.7 cm³/mol. The van der Waals surface area contributed by atoms with Crippen LogP contribution in [0.5, 0.6) is 11.5 Å². The molecule has 1 aliphatic rings. The summed E-state index contributed by atoms with van der Waals surface area (Å²) in [5, 5.41) is 10.5. The van der Waals surface area contributed by atoms with Gasteiger partial charge in [-0.15, -0.1) is 0 Å². The molecule has 0 unspecified atom stereocenters. The van der Waals surface area contributed by atoms with E-state index in [1.54, 1.807) is 0 Å². The molecule has 0 saturated heterocycles. The van der Waals surface area contributed by atoms with E-state index >= 15 is 0 Å². The van der Waals surface area contributed by atoms with Crippen LogP contribution in [0.3, 0.4) is 0 Å². The third kappa shape index (κ3) is 5.63. The van der Waals surface area contributed by atoms with E-state index in [9.17, 15) is 13.2 Å². The van der Waals surface area contributed by atoms with Crippen molar-refractivity contribution in [2.75, 3.05) is 19.8 Å². The number of rotatable bonds is 3. The van der Waals surface area contributed by atoms with Crippen molar-refractivity contribution < 1.29 is 32.5 Å². The molecule has 8 heteroatoms. The first-order valence-electron chi connectivity index (χ1n) is 8.73.